The standard InChI is InChI=1S/C20H23F3N3O5PS/c21-20(22,23)17-11-15(19(33)26-25-12-16(24)13-31-32(27,28)29)8-9-18(17)30-10-4-7-14-5-2-1-3-6-14/h1-3,5-6,8-9,11-12,16H,4,7,10,13,24H2,(H,26,33)(H2,27,28,29)/b25-12+. The number of hydrogen-bond donors (Lipinski definition) is 4. The van der Waals surface area contributed by atoms with Gasteiger partial charge < -0.3 is 20.3 Å². The third kappa shape index (κ3) is 9.99. The molecule has 0 radical (unpaired) electrons. The summed E-state index contributed by atoms with van der Waals surface area (Å²) in [5.74, 6) is -0.303. The smallest absolute Gasteiger partial charge is 0.469 e. The number of hydrogen-bond acceptors (Lipinski definition) is 6. The minimum absolute atomic E-state index is 0.0474. The lowest BCUT2D eigenvalue weighted by Crippen LogP contribution is -2.29. The maximum atomic E-state index is 13.5. The van der Waals surface area contributed by atoms with Crippen molar-refractivity contribution >= 4 is 31.2 Å². The fourth-order valence-corrected chi connectivity index (χ4v) is 3.15. The van der Waals surface area contributed by atoms with Crippen LogP contribution in [0.5, 0.6) is 5.75 Å². The van der Waals surface area contributed by atoms with E-state index in [1.807, 2.05) is 30.3 Å². The first-order chi connectivity index (χ1) is 15.5. The summed E-state index contributed by atoms with van der Waals surface area (Å²) in [4.78, 5) is 17.1. The summed E-state index contributed by atoms with van der Waals surface area (Å²) in [5, 5.41) is 3.67. The van der Waals surface area contributed by atoms with Gasteiger partial charge in [-0.05, 0) is 36.6 Å². The molecule has 2 rings (SSSR count). The average molecular weight is 505 g/mol. The Morgan fingerprint density at radius 2 is 1.94 bits per heavy atom. The van der Waals surface area contributed by atoms with Gasteiger partial charge in [-0.2, -0.15) is 18.3 Å². The van der Waals surface area contributed by atoms with E-state index >= 15 is 0 Å². The fraction of sp³-hybridized carbons (Fsp3) is 0.300. The molecule has 0 aliphatic carbocycles. The van der Waals surface area contributed by atoms with Crippen molar-refractivity contribution in [1.82, 2.24) is 5.43 Å². The van der Waals surface area contributed by atoms with Gasteiger partial charge >= 0.3 is 14.0 Å². The molecular weight excluding hydrogens is 482 g/mol. The highest BCUT2D eigenvalue weighted by Crippen LogP contribution is 2.37. The summed E-state index contributed by atoms with van der Waals surface area (Å²) >= 11 is 5.05. The fourth-order valence-electron chi connectivity index (χ4n) is 2.60. The molecule has 0 aromatic heterocycles. The second-order valence-electron chi connectivity index (χ2n) is 6.82. The maximum absolute atomic E-state index is 13.5. The molecule has 180 valence electrons. The largest absolute Gasteiger partial charge is 0.493 e. The molecule has 1 atom stereocenters. The Hall–Kier alpha value is -2.34. The minimum atomic E-state index is -4.68. The van der Waals surface area contributed by atoms with E-state index in [0.29, 0.717) is 12.8 Å². The van der Waals surface area contributed by atoms with E-state index in [2.05, 4.69) is 15.1 Å². The monoisotopic (exact) mass is 505 g/mol. The number of hydrazone groups is 1. The van der Waals surface area contributed by atoms with E-state index in [1.54, 1.807) is 0 Å². The minimum Gasteiger partial charge on any atom is -0.493 e. The number of halogens is 3. The number of phosphoric acid groups is 1. The lowest BCUT2D eigenvalue weighted by molar-refractivity contribution is -0.139. The van der Waals surface area contributed by atoms with Crippen molar-refractivity contribution in [3.63, 3.8) is 0 Å². The molecule has 0 aliphatic rings. The van der Waals surface area contributed by atoms with E-state index in [-0.39, 0.29) is 22.9 Å². The number of nitrogens with two attached hydrogens (primary N) is 1. The summed E-state index contributed by atoms with van der Waals surface area (Å²) in [6, 6.07) is 12.0. The maximum Gasteiger partial charge on any atom is 0.469 e. The van der Waals surface area contributed by atoms with Crippen LogP contribution in [0, 0.1) is 0 Å². The molecule has 13 heteroatoms. The van der Waals surface area contributed by atoms with Crippen molar-refractivity contribution in [3.05, 3.63) is 65.2 Å². The van der Waals surface area contributed by atoms with Crippen molar-refractivity contribution in [3.8, 4) is 5.75 Å². The molecule has 0 heterocycles. The summed E-state index contributed by atoms with van der Waals surface area (Å²) in [6.45, 7) is -0.407. The van der Waals surface area contributed by atoms with Crippen LogP contribution in [0.1, 0.15) is 23.1 Å². The quantitative estimate of drug-likeness (QED) is 0.120. The molecule has 0 spiro atoms. The molecule has 0 bridgehead atoms. The van der Waals surface area contributed by atoms with Gasteiger partial charge in [0.15, 0.2) is 0 Å². The number of ether oxygens (including phenoxy) is 1. The van der Waals surface area contributed by atoms with Crippen LogP contribution < -0.4 is 15.9 Å². The predicted octanol–water partition coefficient (Wildman–Crippen LogP) is 3.40. The van der Waals surface area contributed by atoms with E-state index in [0.717, 1.165) is 17.8 Å². The number of rotatable bonds is 11. The van der Waals surface area contributed by atoms with Crippen LogP contribution in [-0.4, -0.2) is 40.2 Å². The van der Waals surface area contributed by atoms with E-state index in [9.17, 15) is 17.7 Å². The zero-order chi connectivity index (χ0) is 24.5. The van der Waals surface area contributed by atoms with Crippen molar-refractivity contribution in [2.24, 2.45) is 10.8 Å². The predicted molar refractivity (Wildman–Crippen MR) is 121 cm³/mol. The second-order valence-corrected chi connectivity index (χ2v) is 8.46. The van der Waals surface area contributed by atoms with E-state index in [1.165, 1.54) is 12.1 Å². The first-order valence-corrected chi connectivity index (χ1v) is 11.6. The van der Waals surface area contributed by atoms with Crippen LogP contribution >= 0.6 is 20.0 Å². The van der Waals surface area contributed by atoms with Gasteiger partial charge in [0.05, 0.1) is 24.8 Å². The number of phosphoric ester groups is 1. The summed E-state index contributed by atoms with van der Waals surface area (Å²) < 4.78 is 60.8. The summed E-state index contributed by atoms with van der Waals surface area (Å²) in [5.41, 5.74) is 8.04. The van der Waals surface area contributed by atoms with E-state index in [4.69, 9.17) is 32.5 Å². The van der Waals surface area contributed by atoms with Gasteiger partial charge in [0.1, 0.15) is 10.7 Å². The summed E-state index contributed by atoms with van der Waals surface area (Å²) in [7, 11) is -4.68. The number of nitrogens with one attached hydrogen (secondary N) is 1. The van der Waals surface area contributed by atoms with Gasteiger partial charge in [0, 0.05) is 11.8 Å². The van der Waals surface area contributed by atoms with Gasteiger partial charge in [0.25, 0.3) is 0 Å². The first-order valence-electron chi connectivity index (χ1n) is 9.63. The molecule has 1 unspecified atom stereocenters. The van der Waals surface area contributed by atoms with Crippen molar-refractivity contribution < 1.29 is 36.8 Å². The highest BCUT2D eigenvalue weighted by molar-refractivity contribution is 7.80. The Morgan fingerprint density at radius 1 is 1.24 bits per heavy atom. The zero-order valence-corrected chi connectivity index (χ0v) is 18.9. The molecule has 0 amide bonds. The van der Waals surface area contributed by atoms with Crippen LogP contribution in [-0.2, 0) is 21.7 Å². The Balaban J connectivity index is 1.97. The van der Waals surface area contributed by atoms with Crippen LogP contribution in [0.2, 0.25) is 0 Å². The van der Waals surface area contributed by atoms with Crippen molar-refractivity contribution in [2.45, 2.75) is 25.1 Å². The van der Waals surface area contributed by atoms with Gasteiger partial charge in [0.2, 0.25) is 0 Å². The third-order valence-electron chi connectivity index (χ3n) is 4.12. The highest BCUT2D eigenvalue weighted by atomic mass is 32.1. The van der Waals surface area contributed by atoms with E-state index < -0.39 is 32.2 Å². The molecular formula is C20H23F3N3O5PS. The molecule has 8 nitrogen and oxygen atoms in total. The summed E-state index contributed by atoms with van der Waals surface area (Å²) in [6.07, 6.45) is -2.39. The van der Waals surface area contributed by atoms with Crippen LogP contribution in [0.4, 0.5) is 13.2 Å². The lowest BCUT2D eigenvalue weighted by Gasteiger charge is -2.16. The molecule has 0 saturated carbocycles. The molecule has 0 aliphatic heterocycles. The normalized spacial score (nSPS) is 13.2. The Morgan fingerprint density at radius 3 is 2.58 bits per heavy atom. The molecule has 2 aromatic rings. The number of alkyl halides is 3. The molecule has 33 heavy (non-hydrogen) atoms. The van der Waals surface area contributed by atoms with Crippen LogP contribution in [0.15, 0.2) is 53.6 Å². The SMILES string of the molecule is NC(/C=N/NC(=S)c1ccc(OCCCc2ccccc2)c(C(F)(F)F)c1)COP(=O)(O)O. The van der Waals surface area contributed by atoms with Crippen LogP contribution in [0.25, 0.3) is 0 Å². The highest BCUT2D eigenvalue weighted by Gasteiger charge is 2.35. The van der Waals surface area contributed by atoms with Gasteiger partial charge in [-0.3, -0.25) is 9.95 Å². The van der Waals surface area contributed by atoms with Crippen molar-refractivity contribution in [2.75, 3.05) is 13.2 Å². The molecule has 0 saturated heterocycles. The van der Waals surface area contributed by atoms with Gasteiger partial charge in [-0.15, -0.1) is 0 Å². The number of thiocarbonyl (C=S) groups is 1. The Labute approximate surface area is 193 Å². The average Bonchev–Trinajstić information content (AvgIpc) is 2.75. The van der Waals surface area contributed by atoms with Crippen LogP contribution in [0.3, 0.4) is 0 Å². The number of benzene rings is 2. The molecule has 0 fully saturated rings. The number of aryl methyl sites for hydroxylation is 1. The Bertz CT molecular complexity index is 1000. The lowest BCUT2D eigenvalue weighted by atomic mass is 10.1. The Kier molecular flexibility index (Phi) is 9.96. The van der Waals surface area contributed by atoms with Gasteiger partial charge in [-0.25, -0.2) is 4.57 Å². The molecule has 5 N–H and O–H groups in total. The molecule has 2 aromatic carbocycles. The zero-order valence-electron chi connectivity index (χ0n) is 17.2. The number of nitrogens with zero attached hydrogens (tertiary/aromatic N) is 1. The second kappa shape index (κ2) is 12.2. The van der Waals surface area contributed by atoms with Crippen molar-refractivity contribution in [1.29, 1.82) is 0 Å². The van der Waals surface area contributed by atoms with Gasteiger partial charge in [-0.1, -0.05) is 42.5 Å². The first kappa shape index (κ1) is 26.9. The topological polar surface area (TPSA) is 126 Å². The third-order valence-corrected chi connectivity index (χ3v) is 4.94.